The van der Waals surface area contributed by atoms with Gasteiger partial charge in [-0.2, -0.15) is 0 Å². The number of aldehydes is 1. The number of rotatable bonds is 23. The fourth-order valence-electron chi connectivity index (χ4n) is 14.9. The van der Waals surface area contributed by atoms with Crippen LogP contribution in [0.1, 0.15) is 166 Å². The van der Waals surface area contributed by atoms with E-state index in [1.807, 2.05) is 42.5 Å². The number of carbonyl (C=O) groups is 4. The van der Waals surface area contributed by atoms with Crippen LogP contribution in [0.4, 0.5) is 4.79 Å². The monoisotopic (exact) mass is 1010 g/mol. The first-order valence-corrected chi connectivity index (χ1v) is 28.6. The predicted molar refractivity (Wildman–Crippen MR) is 291 cm³/mol. The molecule has 8 rings (SSSR count). The van der Waals surface area contributed by atoms with Gasteiger partial charge in [0.1, 0.15) is 29.8 Å². The molecule has 11 unspecified atom stereocenters. The number of nitrogens with one attached hydrogen (secondary N) is 1. The molecule has 402 valence electrons. The summed E-state index contributed by atoms with van der Waals surface area (Å²) in [5.74, 6) is 4.73. The average Bonchev–Trinajstić information content (AvgIpc) is 3.98. The van der Waals surface area contributed by atoms with E-state index in [1.54, 1.807) is 12.0 Å². The van der Waals surface area contributed by atoms with Gasteiger partial charge in [-0.25, -0.2) is 4.79 Å². The molecule has 0 radical (unpaired) electrons. The van der Waals surface area contributed by atoms with Crippen LogP contribution in [-0.4, -0.2) is 74.7 Å². The molecule has 5 aliphatic rings. The van der Waals surface area contributed by atoms with Gasteiger partial charge in [-0.05, 0) is 140 Å². The van der Waals surface area contributed by atoms with E-state index in [9.17, 15) is 19.2 Å². The Bertz CT molecular complexity index is 2370. The number of unbranched alkanes of at least 4 members (excludes halogenated alkanes) is 2. The Kier molecular flexibility index (Phi) is 18.5. The summed E-state index contributed by atoms with van der Waals surface area (Å²) < 4.78 is 24.8. The van der Waals surface area contributed by atoms with Crippen LogP contribution < -0.4 is 10.1 Å². The minimum Gasteiger partial charge on any atom is -0.497 e. The molecule has 4 fully saturated rings. The van der Waals surface area contributed by atoms with Crippen LogP contribution in [0.2, 0.25) is 0 Å². The van der Waals surface area contributed by atoms with E-state index in [0.29, 0.717) is 37.6 Å². The number of ether oxygens (including phenoxy) is 4. The van der Waals surface area contributed by atoms with Crippen LogP contribution in [0.3, 0.4) is 0 Å². The first-order valence-electron chi connectivity index (χ1n) is 28.6. The highest BCUT2D eigenvalue weighted by Crippen LogP contribution is 2.67. The molecular formula is C64H88N2O8. The van der Waals surface area contributed by atoms with Crippen LogP contribution in [0.5, 0.6) is 5.75 Å². The number of fused-ring (bicyclic) bond motifs is 5. The topological polar surface area (TPSA) is 120 Å². The first kappa shape index (κ1) is 55.3. The molecule has 10 nitrogen and oxygen atoms in total. The van der Waals surface area contributed by atoms with Gasteiger partial charge in [0, 0.05) is 38.3 Å². The fraction of sp³-hybridized carbons (Fsp3) is 0.625. The number of alkyl carbamates (subject to hydrolysis) is 1. The molecule has 1 heterocycles. The highest BCUT2D eigenvalue weighted by Gasteiger charge is 2.59. The maximum atomic E-state index is 13.9. The lowest BCUT2D eigenvalue weighted by Gasteiger charge is -2.58. The zero-order valence-corrected chi connectivity index (χ0v) is 45.9. The zero-order valence-electron chi connectivity index (χ0n) is 45.9. The number of nitrogens with zero attached hydrogens (tertiary/aromatic N) is 1. The van der Waals surface area contributed by atoms with Crippen molar-refractivity contribution < 1.29 is 38.1 Å². The number of carbonyl (C=O) groups excluding carboxylic acids is 4. The number of allylic oxidation sites excluding steroid dienone is 1. The van der Waals surface area contributed by atoms with Gasteiger partial charge < -0.3 is 34.0 Å². The average molecular weight is 1010 g/mol. The lowest BCUT2D eigenvalue weighted by Crippen LogP contribution is -2.51. The maximum absolute atomic E-state index is 13.9. The summed E-state index contributed by atoms with van der Waals surface area (Å²) in [5, 5.41) is 3.01. The van der Waals surface area contributed by atoms with Gasteiger partial charge in [0.15, 0.2) is 0 Å². The molecule has 0 spiro atoms. The molecule has 3 aromatic rings. The predicted octanol–water partition coefficient (Wildman–Crippen LogP) is 13.4. The summed E-state index contributed by atoms with van der Waals surface area (Å²) in [4.78, 5) is 53.0. The molecule has 11 atom stereocenters. The molecule has 1 saturated heterocycles. The molecule has 2 amide bonds. The minimum atomic E-state index is -1.04. The van der Waals surface area contributed by atoms with Crippen molar-refractivity contribution in [3.8, 4) is 5.75 Å². The largest absolute Gasteiger partial charge is 0.497 e. The summed E-state index contributed by atoms with van der Waals surface area (Å²) in [6, 6.07) is 26.3. The van der Waals surface area contributed by atoms with Crippen molar-refractivity contribution in [1.82, 2.24) is 10.2 Å². The van der Waals surface area contributed by atoms with Crippen molar-refractivity contribution in [2.24, 2.45) is 52.3 Å². The van der Waals surface area contributed by atoms with Crippen molar-refractivity contribution in [3.63, 3.8) is 0 Å². The minimum absolute atomic E-state index is 0.0127. The van der Waals surface area contributed by atoms with Gasteiger partial charge in [0.2, 0.25) is 5.91 Å². The lowest BCUT2D eigenvalue weighted by atomic mass is 9.47. The summed E-state index contributed by atoms with van der Waals surface area (Å²) in [6.45, 7) is 15.8. The van der Waals surface area contributed by atoms with Gasteiger partial charge in [0.05, 0.1) is 26.7 Å². The third-order valence-corrected chi connectivity index (χ3v) is 19.0. The molecule has 10 heteroatoms. The van der Waals surface area contributed by atoms with Crippen LogP contribution in [0.25, 0.3) is 0 Å². The zero-order chi connectivity index (χ0) is 52.5. The van der Waals surface area contributed by atoms with Crippen molar-refractivity contribution in [3.05, 3.63) is 113 Å². The molecule has 0 bridgehead atoms. The number of hydrogen-bond acceptors (Lipinski definition) is 8. The fourth-order valence-corrected chi connectivity index (χ4v) is 14.9. The van der Waals surface area contributed by atoms with Gasteiger partial charge in [0.25, 0.3) is 0 Å². The summed E-state index contributed by atoms with van der Waals surface area (Å²) in [6.07, 6.45) is 18.4. The number of esters is 1. The third-order valence-electron chi connectivity index (χ3n) is 19.0. The number of hydrogen-bond donors (Lipinski definition) is 1. The molecule has 0 aromatic heterocycles. The second-order valence-corrected chi connectivity index (χ2v) is 24.0. The van der Waals surface area contributed by atoms with E-state index in [-0.39, 0.29) is 55.4 Å². The first-order chi connectivity index (χ1) is 35.7. The molecule has 1 N–H and O–H groups in total. The number of likely N-dealkylation sites (tertiary alicyclic amines) is 1. The van der Waals surface area contributed by atoms with Gasteiger partial charge in [-0.3, -0.25) is 9.59 Å². The molecule has 3 aromatic carbocycles. The number of amides is 2. The van der Waals surface area contributed by atoms with E-state index in [1.165, 1.54) is 56.9 Å². The van der Waals surface area contributed by atoms with Crippen LogP contribution in [0, 0.1) is 59.2 Å². The third kappa shape index (κ3) is 12.3. The maximum Gasteiger partial charge on any atom is 0.407 e. The van der Waals surface area contributed by atoms with Crippen LogP contribution in [-0.2, 0) is 34.2 Å². The van der Waals surface area contributed by atoms with E-state index in [2.05, 4.69) is 89.3 Å². The molecule has 3 saturated carbocycles. The molecule has 1 aliphatic heterocycles. The molecular weight excluding hydrogens is 925 g/mol. The Morgan fingerprint density at radius 3 is 2.24 bits per heavy atom. The standard InChI is InChI=1S/C64H88N2O8/c1-44(2)16-14-17-46(4)55-32-33-56-54-31-28-51-40-53(34-36-62(51,5)57(54)35-37-63(55,56)6)73-61(70)65-38-13-9-12-20-59(68)66-41-47(58(42-66)74-60(69)21-15-39-67)43-72-64(48-18-10-8-11-19-48,49-24-22-45(3)23-25-49)50-26-29-52(71-7)30-27-50/h8,10-11,18-19,22-30,39,44,46-47,53-58H,9,12-17,20-21,31-38,40-43H2,1-7H3,(H,65,70). The molecule has 4 aliphatic carbocycles. The van der Waals surface area contributed by atoms with Crippen molar-refractivity contribution in [1.29, 1.82) is 0 Å². The van der Waals surface area contributed by atoms with E-state index in [4.69, 9.17) is 18.9 Å². The Labute approximate surface area is 443 Å². The quantitative estimate of drug-likeness (QED) is 0.0328. The van der Waals surface area contributed by atoms with Crippen molar-refractivity contribution in [2.45, 2.75) is 169 Å². The summed E-state index contributed by atoms with van der Waals surface area (Å²) in [5.41, 5.74) is 5.06. The Balaban J connectivity index is 0.816. The molecule has 74 heavy (non-hydrogen) atoms. The Morgan fingerprint density at radius 1 is 0.797 bits per heavy atom. The summed E-state index contributed by atoms with van der Waals surface area (Å²) in [7, 11) is 1.64. The van der Waals surface area contributed by atoms with Crippen molar-refractivity contribution in [2.75, 3.05) is 33.4 Å². The van der Waals surface area contributed by atoms with E-state index < -0.39 is 17.7 Å². The van der Waals surface area contributed by atoms with Crippen molar-refractivity contribution >= 4 is 24.3 Å². The Hall–Kier alpha value is -4.96. The normalized spacial score (nSPS) is 28.5. The smallest absolute Gasteiger partial charge is 0.407 e. The highest BCUT2D eigenvalue weighted by molar-refractivity contribution is 5.77. The van der Waals surface area contributed by atoms with Gasteiger partial charge >= 0.3 is 12.1 Å². The van der Waals surface area contributed by atoms with Crippen LogP contribution >= 0.6 is 0 Å². The number of benzene rings is 3. The van der Waals surface area contributed by atoms with Crippen LogP contribution in [0.15, 0.2) is 90.5 Å². The second kappa shape index (κ2) is 24.8. The number of methoxy groups -OCH3 is 1. The van der Waals surface area contributed by atoms with E-state index in [0.717, 1.165) is 95.6 Å². The van der Waals surface area contributed by atoms with Gasteiger partial charge in [-0.1, -0.05) is 144 Å². The SMILES string of the molecule is COc1ccc(C(OCC2CN(C(=O)CCCCCNC(=O)OC3CCC4(C)C(=CCC5C4CCC4(C)C(C(C)CCCC(C)C)CCC54)C3)CC2OC(=O)CCC=O)(c2ccccc2)c2ccc(C)cc2)cc1. The Morgan fingerprint density at radius 2 is 1.53 bits per heavy atom. The number of aryl methyl sites for hydroxylation is 1. The highest BCUT2D eigenvalue weighted by atomic mass is 16.6. The van der Waals surface area contributed by atoms with Gasteiger partial charge in [-0.15, -0.1) is 0 Å². The van der Waals surface area contributed by atoms with E-state index >= 15 is 0 Å². The second-order valence-electron chi connectivity index (χ2n) is 24.0. The summed E-state index contributed by atoms with van der Waals surface area (Å²) >= 11 is 0. The lowest BCUT2D eigenvalue weighted by molar-refractivity contribution is -0.152.